The Morgan fingerprint density at radius 2 is 1.60 bits per heavy atom. The zero-order chi connectivity index (χ0) is 21.7. The highest BCUT2D eigenvalue weighted by Crippen LogP contribution is 2.24. The van der Waals surface area contributed by atoms with E-state index < -0.39 is 10.0 Å². The Hall–Kier alpha value is -2.13. The maximum atomic E-state index is 12.7. The van der Waals surface area contributed by atoms with Crippen LogP contribution in [0.5, 0.6) is 0 Å². The lowest BCUT2D eigenvalue weighted by atomic mass is 9.94. The third-order valence-electron chi connectivity index (χ3n) is 6.04. The molecule has 0 aliphatic carbocycles. The number of piperidine rings is 2. The van der Waals surface area contributed by atoms with Gasteiger partial charge in [-0.1, -0.05) is 18.2 Å². The van der Waals surface area contributed by atoms with Crippen molar-refractivity contribution >= 4 is 22.0 Å². The first-order valence-corrected chi connectivity index (χ1v) is 12.0. The summed E-state index contributed by atoms with van der Waals surface area (Å²) in [4.78, 5) is 28.2. The van der Waals surface area contributed by atoms with E-state index >= 15 is 0 Å². The molecular weight excluding hydrogens is 404 g/mol. The molecule has 8 nitrogen and oxygen atoms in total. The number of nitrogens with zero attached hydrogens (tertiary/aromatic N) is 3. The van der Waals surface area contributed by atoms with Crippen molar-refractivity contribution in [2.24, 2.45) is 11.8 Å². The summed E-state index contributed by atoms with van der Waals surface area (Å²) >= 11 is 0. The third kappa shape index (κ3) is 5.31. The van der Waals surface area contributed by atoms with Gasteiger partial charge in [-0.2, -0.15) is 4.31 Å². The molecule has 0 aromatic heterocycles. The van der Waals surface area contributed by atoms with Crippen molar-refractivity contribution in [3.63, 3.8) is 0 Å². The van der Waals surface area contributed by atoms with Crippen molar-refractivity contribution in [1.82, 2.24) is 19.4 Å². The van der Waals surface area contributed by atoms with Gasteiger partial charge in [-0.3, -0.25) is 4.79 Å². The van der Waals surface area contributed by atoms with Gasteiger partial charge in [0.1, 0.15) is 0 Å². The highest BCUT2D eigenvalue weighted by atomic mass is 32.2. The topological polar surface area (TPSA) is 90.0 Å². The third-order valence-corrected chi connectivity index (χ3v) is 7.95. The molecule has 2 aliphatic rings. The fraction of sp³-hybridized carbons (Fsp3) is 0.619. The fourth-order valence-electron chi connectivity index (χ4n) is 4.10. The number of carbonyl (C=O) groups is 2. The minimum atomic E-state index is -3.44. The van der Waals surface area contributed by atoms with Crippen LogP contribution in [0.15, 0.2) is 35.2 Å². The first-order valence-electron chi connectivity index (χ1n) is 10.6. The Balaban J connectivity index is 1.41. The van der Waals surface area contributed by atoms with Crippen LogP contribution in [0.25, 0.3) is 0 Å². The summed E-state index contributed by atoms with van der Waals surface area (Å²) in [7, 11) is 0.0253. The number of benzene rings is 1. The van der Waals surface area contributed by atoms with E-state index in [1.165, 1.54) is 4.31 Å². The van der Waals surface area contributed by atoms with E-state index in [0.29, 0.717) is 50.5 Å². The van der Waals surface area contributed by atoms with Crippen LogP contribution >= 0.6 is 0 Å². The van der Waals surface area contributed by atoms with Gasteiger partial charge in [-0.25, -0.2) is 13.2 Å². The molecule has 0 unspecified atom stereocenters. The van der Waals surface area contributed by atoms with Crippen molar-refractivity contribution in [2.75, 3.05) is 46.8 Å². The Morgan fingerprint density at radius 3 is 2.17 bits per heavy atom. The van der Waals surface area contributed by atoms with Crippen LogP contribution in [0.2, 0.25) is 0 Å². The highest BCUT2D eigenvalue weighted by molar-refractivity contribution is 7.89. The standard InChI is InChI=1S/C21H32N4O4S/c1-23(2)21(27)24-12-10-18(11-13-24)20(26)22-16-17-8-14-25(15-9-17)30(28,29)19-6-4-3-5-7-19/h3-7,17-18H,8-16H2,1-2H3,(H,22,26). The maximum absolute atomic E-state index is 12.7. The Bertz CT molecular complexity index is 828. The number of hydrogen-bond acceptors (Lipinski definition) is 4. The zero-order valence-electron chi connectivity index (χ0n) is 17.8. The van der Waals surface area contributed by atoms with Crippen LogP contribution in [0.3, 0.4) is 0 Å². The number of nitrogens with one attached hydrogen (secondary N) is 1. The molecule has 3 rings (SSSR count). The van der Waals surface area contributed by atoms with Crippen LogP contribution in [0.4, 0.5) is 4.79 Å². The highest BCUT2D eigenvalue weighted by Gasteiger charge is 2.31. The monoisotopic (exact) mass is 436 g/mol. The van der Waals surface area contributed by atoms with Crippen molar-refractivity contribution < 1.29 is 18.0 Å². The number of hydrogen-bond donors (Lipinski definition) is 1. The molecule has 2 fully saturated rings. The van der Waals surface area contributed by atoms with E-state index in [1.54, 1.807) is 54.2 Å². The average Bonchev–Trinajstić information content (AvgIpc) is 2.78. The molecule has 3 amide bonds. The zero-order valence-corrected chi connectivity index (χ0v) is 18.6. The normalized spacial score (nSPS) is 19.5. The number of sulfonamides is 1. The van der Waals surface area contributed by atoms with Crippen LogP contribution in [-0.2, 0) is 14.8 Å². The average molecular weight is 437 g/mol. The number of carbonyl (C=O) groups excluding carboxylic acids is 2. The molecule has 2 aliphatic heterocycles. The van der Waals surface area contributed by atoms with Gasteiger partial charge in [0.2, 0.25) is 15.9 Å². The first kappa shape index (κ1) is 22.6. The van der Waals surface area contributed by atoms with E-state index in [0.717, 1.165) is 12.8 Å². The van der Waals surface area contributed by atoms with E-state index in [2.05, 4.69) is 5.32 Å². The SMILES string of the molecule is CN(C)C(=O)N1CCC(C(=O)NCC2CCN(S(=O)(=O)c3ccccc3)CC2)CC1. The fourth-order valence-corrected chi connectivity index (χ4v) is 5.59. The molecule has 0 atom stereocenters. The van der Waals surface area contributed by atoms with Crippen molar-refractivity contribution in [1.29, 1.82) is 0 Å². The molecule has 2 saturated heterocycles. The molecule has 0 saturated carbocycles. The molecule has 30 heavy (non-hydrogen) atoms. The molecule has 9 heteroatoms. The molecule has 1 N–H and O–H groups in total. The van der Waals surface area contributed by atoms with Crippen LogP contribution in [0, 0.1) is 11.8 Å². The Labute approximate surface area is 179 Å². The van der Waals surface area contributed by atoms with Crippen LogP contribution in [0.1, 0.15) is 25.7 Å². The van der Waals surface area contributed by atoms with Gasteiger partial charge >= 0.3 is 6.03 Å². The lowest BCUT2D eigenvalue weighted by molar-refractivity contribution is -0.126. The van der Waals surface area contributed by atoms with E-state index in [9.17, 15) is 18.0 Å². The second kappa shape index (κ2) is 9.78. The Kier molecular flexibility index (Phi) is 7.36. The largest absolute Gasteiger partial charge is 0.356 e. The molecule has 1 aromatic carbocycles. The van der Waals surface area contributed by atoms with Gasteiger partial charge in [0, 0.05) is 52.7 Å². The summed E-state index contributed by atoms with van der Waals surface area (Å²) in [5.74, 6) is 0.271. The summed E-state index contributed by atoms with van der Waals surface area (Å²) in [6.45, 7) is 2.73. The molecule has 1 aromatic rings. The summed E-state index contributed by atoms with van der Waals surface area (Å²) in [5.41, 5.74) is 0. The number of likely N-dealkylation sites (tertiary alicyclic amines) is 1. The first-order chi connectivity index (χ1) is 14.3. The smallest absolute Gasteiger partial charge is 0.319 e. The van der Waals surface area contributed by atoms with Crippen molar-refractivity contribution in [3.05, 3.63) is 30.3 Å². The van der Waals surface area contributed by atoms with Crippen molar-refractivity contribution in [2.45, 2.75) is 30.6 Å². The number of urea groups is 1. The predicted octanol–water partition coefficient (Wildman–Crippen LogP) is 1.60. The van der Waals surface area contributed by atoms with Gasteiger partial charge in [0.15, 0.2) is 0 Å². The van der Waals surface area contributed by atoms with Gasteiger partial charge < -0.3 is 15.1 Å². The van der Waals surface area contributed by atoms with Crippen molar-refractivity contribution in [3.8, 4) is 0 Å². The minimum absolute atomic E-state index is 0.00827. The summed E-state index contributed by atoms with van der Waals surface area (Å²) in [5, 5.41) is 3.05. The number of rotatable bonds is 5. The molecule has 0 radical (unpaired) electrons. The summed E-state index contributed by atoms with van der Waals surface area (Å²) in [6.07, 6.45) is 2.84. The van der Waals surface area contributed by atoms with Gasteiger partial charge in [-0.05, 0) is 43.7 Å². The quantitative estimate of drug-likeness (QED) is 0.759. The lowest BCUT2D eigenvalue weighted by Crippen LogP contribution is -2.47. The maximum Gasteiger partial charge on any atom is 0.319 e. The second-order valence-electron chi connectivity index (χ2n) is 8.34. The van der Waals surface area contributed by atoms with E-state index in [1.807, 2.05) is 0 Å². The Morgan fingerprint density at radius 1 is 1.00 bits per heavy atom. The second-order valence-corrected chi connectivity index (χ2v) is 10.3. The number of amides is 3. The van der Waals surface area contributed by atoms with Gasteiger partial charge in [0.25, 0.3) is 0 Å². The van der Waals surface area contributed by atoms with Gasteiger partial charge in [-0.15, -0.1) is 0 Å². The van der Waals surface area contributed by atoms with Gasteiger partial charge in [0.05, 0.1) is 4.90 Å². The summed E-state index contributed by atoms with van der Waals surface area (Å²) in [6, 6.07) is 8.51. The van der Waals surface area contributed by atoms with Crippen LogP contribution in [-0.4, -0.2) is 81.3 Å². The molecule has 0 bridgehead atoms. The molecular formula is C21H32N4O4S. The lowest BCUT2D eigenvalue weighted by Gasteiger charge is -2.34. The molecule has 0 spiro atoms. The van der Waals surface area contributed by atoms with E-state index in [-0.39, 0.29) is 23.8 Å². The minimum Gasteiger partial charge on any atom is -0.356 e. The molecule has 166 valence electrons. The molecule has 2 heterocycles. The van der Waals surface area contributed by atoms with E-state index in [4.69, 9.17) is 0 Å². The summed E-state index contributed by atoms with van der Waals surface area (Å²) < 4.78 is 27.0. The van der Waals surface area contributed by atoms with Crippen LogP contribution < -0.4 is 5.32 Å². The predicted molar refractivity (Wildman–Crippen MR) is 114 cm³/mol.